The number of fused-ring (bicyclic) bond motifs is 4. The summed E-state index contributed by atoms with van der Waals surface area (Å²) in [6, 6.07) is 14.8. The number of aliphatic hydroxyl groups is 1. The number of halogens is 1. The van der Waals surface area contributed by atoms with Crippen LogP contribution >= 0.6 is 12.4 Å². The van der Waals surface area contributed by atoms with Gasteiger partial charge in [0.1, 0.15) is 5.84 Å². The lowest BCUT2D eigenvalue weighted by Gasteiger charge is -2.38. The summed E-state index contributed by atoms with van der Waals surface area (Å²) in [7, 11) is 0. The SMILES string of the molecule is Cl.OC1(c2ccc3c(c2)CCCC3)c2ccccc2C2=NCCCN21. The van der Waals surface area contributed by atoms with E-state index in [1.54, 1.807) is 0 Å². The van der Waals surface area contributed by atoms with Crippen LogP contribution in [0.3, 0.4) is 0 Å². The minimum Gasteiger partial charge on any atom is -0.363 e. The predicted molar refractivity (Wildman–Crippen MR) is 102 cm³/mol. The molecule has 0 saturated heterocycles. The summed E-state index contributed by atoms with van der Waals surface area (Å²) in [6.07, 6.45) is 5.82. The van der Waals surface area contributed by atoms with Gasteiger partial charge in [0.05, 0.1) is 0 Å². The smallest absolute Gasteiger partial charge is 0.193 e. The van der Waals surface area contributed by atoms with E-state index < -0.39 is 5.72 Å². The van der Waals surface area contributed by atoms with Crippen LogP contribution in [0.25, 0.3) is 0 Å². The normalized spacial score (nSPS) is 23.9. The molecular formula is C21H23ClN2O. The van der Waals surface area contributed by atoms with Gasteiger partial charge in [0.15, 0.2) is 5.72 Å². The molecule has 2 aliphatic heterocycles. The summed E-state index contributed by atoms with van der Waals surface area (Å²) in [5.41, 5.74) is 4.82. The molecule has 0 saturated carbocycles. The van der Waals surface area contributed by atoms with E-state index in [-0.39, 0.29) is 12.4 Å². The zero-order valence-electron chi connectivity index (χ0n) is 14.2. The number of rotatable bonds is 1. The molecule has 1 N–H and O–H groups in total. The van der Waals surface area contributed by atoms with Crippen LogP contribution in [0.4, 0.5) is 0 Å². The van der Waals surface area contributed by atoms with Gasteiger partial charge in [-0.1, -0.05) is 42.5 Å². The molecule has 0 amide bonds. The molecule has 1 aliphatic carbocycles. The molecule has 25 heavy (non-hydrogen) atoms. The fourth-order valence-corrected chi connectivity index (χ4v) is 4.54. The van der Waals surface area contributed by atoms with Crippen molar-refractivity contribution >= 4 is 18.2 Å². The summed E-state index contributed by atoms with van der Waals surface area (Å²) in [6.45, 7) is 1.70. The van der Waals surface area contributed by atoms with Gasteiger partial charge in [-0.25, -0.2) is 0 Å². The van der Waals surface area contributed by atoms with Crippen LogP contribution in [0.1, 0.15) is 47.1 Å². The Labute approximate surface area is 154 Å². The molecule has 4 heteroatoms. The highest BCUT2D eigenvalue weighted by Gasteiger charge is 2.48. The number of hydrogen-bond donors (Lipinski definition) is 1. The van der Waals surface area contributed by atoms with Gasteiger partial charge >= 0.3 is 0 Å². The van der Waals surface area contributed by atoms with Gasteiger partial charge < -0.3 is 10.0 Å². The first-order valence-electron chi connectivity index (χ1n) is 9.05. The zero-order valence-corrected chi connectivity index (χ0v) is 15.1. The first kappa shape index (κ1) is 16.6. The number of aliphatic imine (C=N–C) groups is 1. The van der Waals surface area contributed by atoms with E-state index in [4.69, 9.17) is 4.99 Å². The van der Waals surface area contributed by atoms with Crippen molar-refractivity contribution in [3.05, 3.63) is 70.3 Å². The average Bonchev–Trinajstić information content (AvgIpc) is 2.92. The summed E-state index contributed by atoms with van der Waals surface area (Å²) in [4.78, 5) is 6.83. The van der Waals surface area contributed by atoms with Gasteiger partial charge in [-0.2, -0.15) is 0 Å². The number of amidine groups is 1. The van der Waals surface area contributed by atoms with Gasteiger partial charge in [0, 0.05) is 29.8 Å². The predicted octanol–water partition coefficient (Wildman–Crippen LogP) is 3.65. The van der Waals surface area contributed by atoms with Crippen LogP contribution in [0, 0.1) is 0 Å². The molecular weight excluding hydrogens is 332 g/mol. The molecule has 0 spiro atoms. The Morgan fingerprint density at radius 2 is 1.76 bits per heavy atom. The summed E-state index contributed by atoms with van der Waals surface area (Å²) >= 11 is 0. The second-order valence-corrected chi connectivity index (χ2v) is 7.12. The third kappa shape index (κ3) is 2.33. The molecule has 2 heterocycles. The van der Waals surface area contributed by atoms with Crippen molar-refractivity contribution in [1.29, 1.82) is 0 Å². The molecule has 1 unspecified atom stereocenters. The molecule has 3 aliphatic rings. The Balaban J connectivity index is 0.00000157. The second kappa shape index (κ2) is 6.15. The molecule has 0 aromatic heterocycles. The van der Waals surface area contributed by atoms with E-state index in [2.05, 4.69) is 35.2 Å². The third-order valence-electron chi connectivity index (χ3n) is 5.74. The lowest BCUT2D eigenvalue weighted by atomic mass is 9.86. The van der Waals surface area contributed by atoms with E-state index in [1.165, 1.54) is 30.4 Å². The van der Waals surface area contributed by atoms with E-state index in [1.807, 2.05) is 12.1 Å². The van der Waals surface area contributed by atoms with Crippen molar-refractivity contribution in [3.8, 4) is 0 Å². The van der Waals surface area contributed by atoms with Gasteiger partial charge in [-0.05, 0) is 43.2 Å². The number of aryl methyl sites for hydroxylation is 2. The van der Waals surface area contributed by atoms with Gasteiger partial charge in [0.2, 0.25) is 0 Å². The Hall–Kier alpha value is -1.84. The molecule has 2 aromatic carbocycles. The maximum Gasteiger partial charge on any atom is 0.193 e. The largest absolute Gasteiger partial charge is 0.363 e. The van der Waals surface area contributed by atoms with Crippen molar-refractivity contribution in [2.75, 3.05) is 13.1 Å². The highest BCUT2D eigenvalue weighted by Crippen LogP contribution is 2.44. The van der Waals surface area contributed by atoms with Crippen molar-refractivity contribution in [3.63, 3.8) is 0 Å². The van der Waals surface area contributed by atoms with Gasteiger partial charge in [-0.15, -0.1) is 12.4 Å². The molecule has 1 atom stereocenters. The van der Waals surface area contributed by atoms with Crippen molar-refractivity contribution < 1.29 is 5.11 Å². The minimum absolute atomic E-state index is 0. The lowest BCUT2D eigenvalue weighted by Crippen LogP contribution is -2.47. The zero-order chi connectivity index (χ0) is 16.1. The summed E-state index contributed by atoms with van der Waals surface area (Å²) < 4.78 is 0. The molecule has 0 fully saturated rings. The standard InChI is InChI=1S/C21H22N2O.ClH/c24-21(17-11-10-15-6-1-2-7-16(15)14-17)19-9-4-3-8-18(19)20-22-12-5-13-23(20)21;/h3-4,8-11,14,24H,1-2,5-7,12-13H2;1H. The number of benzene rings is 2. The first-order chi connectivity index (χ1) is 11.8. The topological polar surface area (TPSA) is 35.8 Å². The van der Waals surface area contributed by atoms with Crippen LogP contribution in [-0.4, -0.2) is 28.9 Å². The molecule has 2 aromatic rings. The molecule has 5 rings (SSSR count). The monoisotopic (exact) mass is 354 g/mol. The maximum atomic E-state index is 11.9. The van der Waals surface area contributed by atoms with Gasteiger partial charge in [-0.3, -0.25) is 4.99 Å². The lowest BCUT2D eigenvalue weighted by molar-refractivity contribution is -0.0318. The quantitative estimate of drug-likeness (QED) is 0.848. The van der Waals surface area contributed by atoms with E-state index in [9.17, 15) is 5.11 Å². The Morgan fingerprint density at radius 3 is 2.64 bits per heavy atom. The van der Waals surface area contributed by atoms with Crippen LogP contribution < -0.4 is 0 Å². The van der Waals surface area contributed by atoms with Crippen molar-refractivity contribution in [2.45, 2.75) is 37.8 Å². The Bertz CT molecular complexity index is 848. The van der Waals surface area contributed by atoms with Crippen LogP contribution in [0.2, 0.25) is 0 Å². The van der Waals surface area contributed by atoms with Crippen molar-refractivity contribution in [1.82, 2.24) is 4.90 Å². The first-order valence-corrected chi connectivity index (χ1v) is 9.05. The Morgan fingerprint density at radius 1 is 0.960 bits per heavy atom. The van der Waals surface area contributed by atoms with Crippen LogP contribution in [-0.2, 0) is 18.6 Å². The fourth-order valence-electron chi connectivity index (χ4n) is 4.54. The molecule has 3 nitrogen and oxygen atoms in total. The highest BCUT2D eigenvalue weighted by molar-refractivity contribution is 6.04. The molecule has 0 bridgehead atoms. The summed E-state index contributed by atoms with van der Waals surface area (Å²) in [5, 5.41) is 11.9. The number of hydrogen-bond acceptors (Lipinski definition) is 3. The molecule has 130 valence electrons. The number of nitrogens with zero attached hydrogens (tertiary/aromatic N) is 2. The van der Waals surface area contributed by atoms with E-state index in [0.717, 1.165) is 48.5 Å². The fraction of sp³-hybridized carbons (Fsp3) is 0.381. The minimum atomic E-state index is -1.08. The highest BCUT2D eigenvalue weighted by atomic mass is 35.5. The average molecular weight is 355 g/mol. The van der Waals surface area contributed by atoms with E-state index in [0.29, 0.717) is 0 Å². The molecule has 0 radical (unpaired) electrons. The third-order valence-corrected chi connectivity index (χ3v) is 5.74. The Kier molecular flexibility index (Phi) is 4.09. The van der Waals surface area contributed by atoms with Crippen molar-refractivity contribution in [2.24, 2.45) is 4.99 Å². The summed E-state index contributed by atoms with van der Waals surface area (Å²) in [5.74, 6) is 0.956. The van der Waals surface area contributed by atoms with Gasteiger partial charge in [0.25, 0.3) is 0 Å². The maximum absolute atomic E-state index is 11.9. The van der Waals surface area contributed by atoms with E-state index >= 15 is 0 Å². The van der Waals surface area contributed by atoms with Crippen LogP contribution in [0.5, 0.6) is 0 Å². The van der Waals surface area contributed by atoms with Crippen LogP contribution in [0.15, 0.2) is 47.5 Å². The second-order valence-electron chi connectivity index (χ2n) is 7.12.